The first-order valence-electron chi connectivity index (χ1n) is 7.28. The van der Waals surface area contributed by atoms with Crippen molar-refractivity contribution >= 4 is 29.2 Å². The molecule has 0 saturated heterocycles. The Morgan fingerprint density at radius 2 is 2.13 bits per heavy atom. The predicted molar refractivity (Wildman–Crippen MR) is 89.4 cm³/mol. The highest BCUT2D eigenvalue weighted by atomic mass is 35.5. The second-order valence-corrected chi connectivity index (χ2v) is 6.09. The number of nitrogens with one attached hydrogen (secondary N) is 2. The van der Waals surface area contributed by atoms with Crippen LogP contribution in [0.25, 0.3) is 10.9 Å². The Morgan fingerprint density at radius 3 is 2.74 bits per heavy atom. The summed E-state index contributed by atoms with van der Waals surface area (Å²) in [5.41, 5.74) is 5.42. The van der Waals surface area contributed by atoms with Crippen LogP contribution < -0.4 is 16.6 Å². The Morgan fingerprint density at radius 1 is 1.43 bits per heavy atom. The summed E-state index contributed by atoms with van der Waals surface area (Å²) in [5.74, 6) is -0.458. The molecular formula is C16H19ClFN3O2. The van der Waals surface area contributed by atoms with E-state index >= 15 is 0 Å². The van der Waals surface area contributed by atoms with E-state index in [0.717, 1.165) is 12.8 Å². The van der Waals surface area contributed by atoms with Gasteiger partial charge in [-0.15, -0.1) is 12.4 Å². The maximum absolute atomic E-state index is 13.3. The number of H-pyrrole nitrogens is 1. The molecule has 4 N–H and O–H groups in total. The zero-order valence-corrected chi connectivity index (χ0v) is 13.5. The van der Waals surface area contributed by atoms with Gasteiger partial charge in [0.15, 0.2) is 0 Å². The summed E-state index contributed by atoms with van der Waals surface area (Å²) in [7, 11) is 0. The smallest absolute Gasteiger partial charge is 0.252 e. The third-order valence-corrected chi connectivity index (χ3v) is 4.35. The largest absolute Gasteiger partial charge is 0.345 e. The number of halogens is 2. The number of rotatable bonds is 4. The van der Waals surface area contributed by atoms with Crippen LogP contribution >= 0.6 is 12.4 Å². The van der Waals surface area contributed by atoms with Crippen molar-refractivity contribution in [3.05, 3.63) is 46.0 Å². The number of nitrogens with two attached hydrogens (primary N) is 1. The van der Waals surface area contributed by atoms with Crippen molar-refractivity contribution in [1.29, 1.82) is 0 Å². The fraction of sp³-hybridized carbons (Fsp3) is 0.375. The molecule has 1 saturated carbocycles. The van der Waals surface area contributed by atoms with E-state index in [4.69, 9.17) is 5.73 Å². The number of benzene rings is 1. The Kier molecular flexibility index (Phi) is 4.77. The van der Waals surface area contributed by atoms with Crippen LogP contribution in [0.15, 0.2) is 29.1 Å². The van der Waals surface area contributed by atoms with Crippen molar-refractivity contribution in [2.45, 2.75) is 25.3 Å². The first-order chi connectivity index (χ1) is 10.4. The molecule has 5 nitrogen and oxygen atoms in total. The van der Waals surface area contributed by atoms with E-state index in [9.17, 15) is 14.0 Å². The summed E-state index contributed by atoms with van der Waals surface area (Å²) >= 11 is 0. The number of aromatic nitrogens is 1. The maximum Gasteiger partial charge on any atom is 0.252 e. The zero-order valence-electron chi connectivity index (χ0n) is 12.7. The lowest BCUT2D eigenvalue weighted by Crippen LogP contribution is -2.53. The minimum absolute atomic E-state index is 0. The van der Waals surface area contributed by atoms with Gasteiger partial charge in [-0.25, -0.2) is 4.39 Å². The minimum atomic E-state index is -0.480. The number of hydrogen-bond donors (Lipinski definition) is 3. The average molecular weight is 340 g/mol. The standard InChI is InChI=1S/C16H18FN3O2.ClH/c1-16(8-18,9-2-3-9)20-15(22)12-7-14(21)19-13-6-10(17)4-5-11(12)13;/h4-7,9H,2-3,8,18H2,1H3,(H,19,21)(H,20,22);1H. The Hall–Kier alpha value is -1.92. The summed E-state index contributed by atoms with van der Waals surface area (Å²) in [4.78, 5) is 26.8. The van der Waals surface area contributed by atoms with Crippen molar-refractivity contribution in [1.82, 2.24) is 10.3 Å². The van der Waals surface area contributed by atoms with E-state index in [1.165, 1.54) is 24.3 Å². The summed E-state index contributed by atoms with van der Waals surface area (Å²) in [6.07, 6.45) is 2.07. The van der Waals surface area contributed by atoms with Crippen LogP contribution in [0.2, 0.25) is 0 Å². The van der Waals surface area contributed by atoms with E-state index in [-0.39, 0.29) is 23.9 Å². The molecule has 1 aromatic heterocycles. The fourth-order valence-corrected chi connectivity index (χ4v) is 2.79. The van der Waals surface area contributed by atoms with Gasteiger partial charge in [0.25, 0.3) is 5.91 Å². The summed E-state index contributed by atoms with van der Waals surface area (Å²) < 4.78 is 13.3. The zero-order chi connectivity index (χ0) is 15.9. The van der Waals surface area contributed by atoms with Crippen molar-refractivity contribution in [3.8, 4) is 0 Å². The van der Waals surface area contributed by atoms with Gasteiger partial charge in [-0.05, 0) is 43.9 Å². The molecule has 1 aliphatic carbocycles. The lowest BCUT2D eigenvalue weighted by atomic mass is 9.95. The highest BCUT2D eigenvalue weighted by Gasteiger charge is 2.41. The van der Waals surface area contributed by atoms with Gasteiger partial charge in [0.2, 0.25) is 5.56 Å². The molecular weight excluding hydrogens is 321 g/mol. The average Bonchev–Trinajstić information content (AvgIpc) is 3.30. The number of hydrogen-bond acceptors (Lipinski definition) is 3. The van der Waals surface area contributed by atoms with Crippen LogP contribution in [0.3, 0.4) is 0 Å². The van der Waals surface area contributed by atoms with E-state index in [1.54, 1.807) is 0 Å². The number of amides is 1. The maximum atomic E-state index is 13.3. The molecule has 0 bridgehead atoms. The van der Waals surface area contributed by atoms with Gasteiger partial charge in [0.05, 0.1) is 16.6 Å². The normalized spacial score (nSPS) is 16.5. The minimum Gasteiger partial charge on any atom is -0.345 e. The molecule has 23 heavy (non-hydrogen) atoms. The molecule has 1 atom stereocenters. The number of aromatic amines is 1. The molecule has 1 amide bonds. The summed E-state index contributed by atoms with van der Waals surface area (Å²) in [5, 5.41) is 3.45. The van der Waals surface area contributed by atoms with Crippen molar-refractivity contribution in [2.24, 2.45) is 11.7 Å². The monoisotopic (exact) mass is 339 g/mol. The molecule has 0 spiro atoms. The van der Waals surface area contributed by atoms with Gasteiger partial charge in [-0.3, -0.25) is 9.59 Å². The highest BCUT2D eigenvalue weighted by Crippen LogP contribution is 2.39. The van der Waals surface area contributed by atoms with E-state index < -0.39 is 16.9 Å². The molecule has 1 aromatic carbocycles. The molecule has 0 radical (unpaired) electrons. The first kappa shape index (κ1) is 17.4. The van der Waals surface area contributed by atoms with Gasteiger partial charge in [-0.1, -0.05) is 0 Å². The lowest BCUT2D eigenvalue weighted by molar-refractivity contribution is 0.0899. The molecule has 0 aliphatic heterocycles. The summed E-state index contributed by atoms with van der Waals surface area (Å²) in [6, 6.07) is 5.20. The van der Waals surface area contributed by atoms with E-state index in [0.29, 0.717) is 23.4 Å². The van der Waals surface area contributed by atoms with Gasteiger partial charge in [-0.2, -0.15) is 0 Å². The molecule has 1 unspecified atom stereocenters. The third-order valence-electron chi connectivity index (χ3n) is 4.35. The molecule has 1 fully saturated rings. The van der Waals surface area contributed by atoms with Crippen LogP contribution in [0.5, 0.6) is 0 Å². The molecule has 2 aromatic rings. The molecule has 3 rings (SSSR count). The molecule has 124 valence electrons. The quantitative estimate of drug-likeness (QED) is 0.795. The number of pyridine rings is 1. The van der Waals surface area contributed by atoms with Crippen LogP contribution in [0, 0.1) is 11.7 Å². The highest BCUT2D eigenvalue weighted by molar-refractivity contribution is 6.06. The van der Waals surface area contributed by atoms with Gasteiger partial charge in [0, 0.05) is 18.0 Å². The van der Waals surface area contributed by atoms with Gasteiger partial charge >= 0.3 is 0 Å². The van der Waals surface area contributed by atoms with Gasteiger partial charge in [0.1, 0.15) is 5.82 Å². The fourth-order valence-electron chi connectivity index (χ4n) is 2.79. The van der Waals surface area contributed by atoms with Crippen molar-refractivity contribution < 1.29 is 9.18 Å². The molecule has 1 heterocycles. The Bertz CT molecular complexity index is 804. The predicted octanol–water partition coefficient (Wildman–Crippen LogP) is 1.95. The Balaban J connectivity index is 0.00000192. The summed E-state index contributed by atoms with van der Waals surface area (Å²) in [6.45, 7) is 2.25. The van der Waals surface area contributed by atoms with Crippen LogP contribution in [0.1, 0.15) is 30.1 Å². The van der Waals surface area contributed by atoms with Crippen molar-refractivity contribution in [3.63, 3.8) is 0 Å². The van der Waals surface area contributed by atoms with Crippen LogP contribution in [-0.2, 0) is 0 Å². The van der Waals surface area contributed by atoms with Crippen LogP contribution in [0.4, 0.5) is 4.39 Å². The lowest BCUT2D eigenvalue weighted by Gasteiger charge is -2.29. The third kappa shape index (κ3) is 3.38. The second kappa shape index (κ2) is 6.29. The topological polar surface area (TPSA) is 88.0 Å². The van der Waals surface area contributed by atoms with Crippen molar-refractivity contribution in [2.75, 3.05) is 6.54 Å². The Labute approximate surface area is 138 Å². The van der Waals surface area contributed by atoms with E-state index in [1.807, 2.05) is 6.92 Å². The molecule has 7 heteroatoms. The van der Waals surface area contributed by atoms with Gasteiger partial charge < -0.3 is 16.0 Å². The number of fused-ring (bicyclic) bond motifs is 1. The number of carbonyl (C=O) groups is 1. The first-order valence-corrected chi connectivity index (χ1v) is 7.28. The second-order valence-electron chi connectivity index (χ2n) is 6.09. The number of carbonyl (C=O) groups excluding carboxylic acids is 1. The van der Waals surface area contributed by atoms with Crippen LogP contribution in [-0.4, -0.2) is 23.0 Å². The molecule has 1 aliphatic rings. The van der Waals surface area contributed by atoms with E-state index in [2.05, 4.69) is 10.3 Å². The SMILES string of the molecule is CC(CN)(NC(=O)c1cc(=O)[nH]c2cc(F)ccc12)C1CC1.Cl.